The van der Waals surface area contributed by atoms with Crippen molar-refractivity contribution in [2.24, 2.45) is 11.3 Å². The maximum Gasteiger partial charge on any atom is 0.253 e. The van der Waals surface area contributed by atoms with E-state index in [2.05, 4.69) is 30.9 Å². The van der Waals surface area contributed by atoms with E-state index in [-0.39, 0.29) is 11.3 Å². The van der Waals surface area contributed by atoms with Crippen LogP contribution in [0.4, 0.5) is 0 Å². The summed E-state index contributed by atoms with van der Waals surface area (Å²) in [6.07, 6.45) is 2.83. The molecule has 1 atom stereocenters. The van der Waals surface area contributed by atoms with E-state index in [1.807, 2.05) is 23.1 Å². The monoisotopic (exact) mass is 450 g/mol. The second-order valence-electron chi connectivity index (χ2n) is 10.2. The molecule has 1 N–H and O–H groups in total. The quantitative estimate of drug-likeness (QED) is 0.744. The molecule has 0 aromatic heterocycles. The number of benzene rings is 2. The Hall–Kier alpha value is -2.73. The van der Waals surface area contributed by atoms with Gasteiger partial charge in [0.25, 0.3) is 5.91 Å². The molecule has 0 aliphatic carbocycles. The van der Waals surface area contributed by atoms with Crippen molar-refractivity contribution in [1.29, 1.82) is 0 Å². The minimum atomic E-state index is 0.0695. The first-order valence-corrected chi connectivity index (χ1v) is 12.2. The van der Waals surface area contributed by atoms with E-state index < -0.39 is 0 Å². The number of piperidine rings is 1. The minimum absolute atomic E-state index is 0.0695. The lowest BCUT2D eigenvalue weighted by Crippen LogP contribution is -2.63. The van der Waals surface area contributed by atoms with Crippen LogP contribution in [-0.2, 0) is 0 Å². The van der Waals surface area contributed by atoms with Crippen LogP contribution < -0.4 is 9.47 Å². The second kappa shape index (κ2) is 8.90. The van der Waals surface area contributed by atoms with Gasteiger partial charge in [0.05, 0.1) is 13.2 Å². The Kier molecular flexibility index (Phi) is 5.95. The average molecular weight is 451 g/mol. The van der Waals surface area contributed by atoms with Crippen LogP contribution >= 0.6 is 0 Å². The number of nitrogens with zero attached hydrogens (tertiary/aromatic N) is 2. The highest BCUT2D eigenvalue weighted by Gasteiger charge is 2.54. The number of phenolic OH excluding ortho intramolecular Hbond substituents is 1. The van der Waals surface area contributed by atoms with Gasteiger partial charge in [-0.25, -0.2) is 0 Å². The highest BCUT2D eigenvalue weighted by atomic mass is 16.5. The highest BCUT2D eigenvalue weighted by Crippen LogP contribution is 2.55. The van der Waals surface area contributed by atoms with Crippen molar-refractivity contribution >= 4 is 5.91 Å². The maximum absolute atomic E-state index is 13.3. The molecule has 2 aromatic carbocycles. The van der Waals surface area contributed by atoms with Gasteiger partial charge in [0.1, 0.15) is 5.75 Å². The number of fused-ring (bicyclic) bond motifs is 1. The van der Waals surface area contributed by atoms with E-state index in [9.17, 15) is 9.90 Å². The average Bonchev–Trinajstić information content (AvgIpc) is 3.05. The molecule has 33 heavy (non-hydrogen) atoms. The molecule has 2 fully saturated rings. The smallest absolute Gasteiger partial charge is 0.253 e. The van der Waals surface area contributed by atoms with Crippen molar-refractivity contribution < 1.29 is 19.4 Å². The van der Waals surface area contributed by atoms with Crippen LogP contribution in [0.25, 0.3) is 0 Å². The number of phenols is 1. The fraction of sp³-hybridized carbons (Fsp3) is 0.519. The number of hydrogen-bond donors (Lipinski definition) is 1. The third kappa shape index (κ3) is 4.29. The maximum atomic E-state index is 13.3. The van der Waals surface area contributed by atoms with Crippen LogP contribution in [0.2, 0.25) is 0 Å². The molecule has 3 heterocycles. The molecular formula is C27H34N2O4. The lowest BCUT2D eigenvalue weighted by Gasteiger charge is -2.61. The number of amides is 1. The predicted octanol–water partition coefficient (Wildman–Crippen LogP) is 4.49. The summed E-state index contributed by atoms with van der Waals surface area (Å²) in [5.41, 5.74) is 2.12. The number of hydrogen-bond acceptors (Lipinski definition) is 5. The van der Waals surface area contributed by atoms with Crippen molar-refractivity contribution in [2.45, 2.75) is 39.2 Å². The van der Waals surface area contributed by atoms with Crippen molar-refractivity contribution in [3.05, 3.63) is 53.6 Å². The van der Waals surface area contributed by atoms with Gasteiger partial charge < -0.3 is 19.5 Å². The Morgan fingerprint density at radius 2 is 1.76 bits per heavy atom. The number of likely N-dealkylation sites (tertiary alicyclic amines) is 2. The molecule has 5 rings (SSSR count). The first-order chi connectivity index (χ1) is 15.9. The molecule has 6 nitrogen and oxygen atoms in total. The molecule has 0 radical (unpaired) electrons. The summed E-state index contributed by atoms with van der Waals surface area (Å²) in [5, 5.41) is 9.76. The van der Waals surface area contributed by atoms with Gasteiger partial charge in [-0.2, -0.15) is 0 Å². The van der Waals surface area contributed by atoms with E-state index >= 15 is 0 Å². The van der Waals surface area contributed by atoms with Crippen LogP contribution in [-0.4, -0.2) is 60.2 Å². The van der Waals surface area contributed by atoms with Crippen molar-refractivity contribution in [3.63, 3.8) is 0 Å². The van der Waals surface area contributed by atoms with Crippen molar-refractivity contribution in [2.75, 3.05) is 39.4 Å². The van der Waals surface area contributed by atoms with Gasteiger partial charge in [0.2, 0.25) is 0 Å². The van der Waals surface area contributed by atoms with Gasteiger partial charge >= 0.3 is 0 Å². The Morgan fingerprint density at radius 1 is 1.06 bits per heavy atom. The number of carbonyl (C=O) groups is 1. The molecule has 6 heteroatoms. The highest BCUT2D eigenvalue weighted by molar-refractivity contribution is 5.95. The zero-order valence-electron chi connectivity index (χ0n) is 19.6. The SMILES string of the molecule is CC(C)CN1CC2(CCN(C(=O)c3ccc4c(c3)OCCCO4)CC2)C1c1ccc(O)cc1. The van der Waals surface area contributed by atoms with E-state index in [0.29, 0.717) is 42.2 Å². The Morgan fingerprint density at radius 3 is 2.45 bits per heavy atom. The van der Waals surface area contributed by atoms with Gasteiger partial charge in [-0.05, 0) is 54.7 Å². The molecule has 3 aliphatic heterocycles. The fourth-order valence-electron chi connectivity index (χ4n) is 5.78. The van der Waals surface area contributed by atoms with Crippen LogP contribution in [0.3, 0.4) is 0 Å². The predicted molar refractivity (Wildman–Crippen MR) is 127 cm³/mol. The summed E-state index contributed by atoms with van der Waals surface area (Å²) in [6.45, 7) is 9.43. The zero-order valence-corrected chi connectivity index (χ0v) is 19.6. The van der Waals surface area contributed by atoms with Gasteiger partial charge in [-0.3, -0.25) is 9.69 Å². The van der Waals surface area contributed by atoms with Gasteiger partial charge in [-0.1, -0.05) is 26.0 Å². The van der Waals surface area contributed by atoms with Crippen molar-refractivity contribution in [3.8, 4) is 17.2 Å². The molecule has 1 unspecified atom stereocenters. The van der Waals surface area contributed by atoms with E-state index in [4.69, 9.17) is 9.47 Å². The lowest BCUT2D eigenvalue weighted by atomic mass is 9.63. The summed E-state index contributed by atoms with van der Waals surface area (Å²) in [4.78, 5) is 17.8. The van der Waals surface area contributed by atoms with E-state index in [1.165, 1.54) is 5.56 Å². The molecule has 1 spiro atoms. The normalized spacial score (nSPS) is 22.2. The minimum Gasteiger partial charge on any atom is -0.508 e. The van der Waals surface area contributed by atoms with Gasteiger partial charge in [0.15, 0.2) is 11.5 Å². The largest absolute Gasteiger partial charge is 0.508 e. The molecular weight excluding hydrogens is 416 g/mol. The second-order valence-corrected chi connectivity index (χ2v) is 10.2. The first-order valence-electron chi connectivity index (χ1n) is 12.2. The Labute approximate surface area is 196 Å². The Bertz CT molecular complexity index is 996. The summed E-state index contributed by atoms with van der Waals surface area (Å²) < 4.78 is 11.5. The number of aromatic hydroxyl groups is 1. The molecule has 0 saturated carbocycles. The third-order valence-electron chi connectivity index (χ3n) is 7.31. The summed E-state index contributed by atoms with van der Waals surface area (Å²) in [6, 6.07) is 13.6. The topological polar surface area (TPSA) is 62.2 Å². The van der Waals surface area contributed by atoms with Crippen LogP contribution in [0.15, 0.2) is 42.5 Å². The van der Waals surface area contributed by atoms with Crippen LogP contribution in [0.1, 0.15) is 55.1 Å². The van der Waals surface area contributed by atoms with Crippen LogP contribution in [0.5, 0.6) is 17.2 Å². The number of carbonyl (C=O) groups excluding carboxylic acids is 1. The number of ether oxygens (including phenoxy) is 2. The summed E-state index contributed by atoms with van der Waals surface area (Å²) in [5.74, 6) is 2.36. The molecule has 176 valence electrons. The number of rotatable bonds is 4. The van der Waals surface area contributed by atoms with Gasteiger partial charge in [-0.15, -0.1) is 0 Å². The lowest BCUT2D eigenvalue weighted by molar-refractivity contribution is -0.112. The fourth-order valence-corrected chi connectivity index (χ4v) is 5.78. The standard InChI is InChI=1S/C27H34N2O4/c1-19(2)17-29-18-27(25(29)20-4-7-22(30)8-5-20)10-12-28(13-11-27)26(31)21-6-9-23-24(16-21)33-15-3-14-32-23/h4-9,16,19,25,30H,3,10-15,17-18H2,1-2H3. The molecule has 2 saturated heterocycles. The van der Waals surface area contributed by atoms with E-state index in [0.717, 1.165) is 51.2 Å². The zero-order chi connectivity index (χ0) is 23.0. The van der Waals surface area contributed by atoms with E-state index in [1.54, 1.807) is 12.1 Å². The Balaban J connectivity index is 1.29. The summed E-state index contributed by atoms with van der Waals surface area (Å²) in [7, 11) is 0. The van der Waals surface area contributed by atoms with Crippen LogP contribution in [0, 0.1) is 11.3 Å². The third-order valence-corrected chi connectivity index (χ3v) is 7.31. The van der Waals surface area contributed by atoms with Crippen molar-refractivity contribution in [1.82, 2.24) is 9.80 Å². The van der Waals surface area contributed by atoms with Gasteiger partial charge in [0, 0.05) is 49.6 Å². The molecule has 2 aromatic rings. The molecule has 3 aliphatic rings. The molecule has 0 bridgehead atoms. The summed E-state index contributed by atoms with van der Waals surface area (Å²) >= 11 is 0. The molecule has 1 amide bonds. The first kappa shape index (κ1) is 22.1.